The van der Waals surface area contributed by atoms with E-state index in [1.807, 2.05) is 0 Å². The molecule has 2 amide bonds. The van der Waals surface area contributed by atoms with Crippen LogP contribution in [-0.4, -0.2) is 52.2 Å². The topological polar surface area (TPSA) is 106 Å². The van der Waals surface area contributed by atoms with E-state index in [-0.39, 0.29) is 17.3 Å². The van der Waals surface area contributed by atoms with Gasteiger partial charge in [0.1, 0.15) is 17.4 Å². The van der Waals surface area contributed by atoms with Crippen molar-refractivity contribution in [2.45, 2.75) is 12.5 Å². The SMILES string of the molecule is COC(=O)c1cccc(C(=O)NC2CCN(c3cnn(C)c3)C2=O)n1. The largest absolute Gasteiger partial charge is 0.464 e. The number of carbonyl (C=O) groups is 3. The van der Waals surface area contributed by atoms with Crippen molar-refractivity contribution in [3.8, 4) is 0 Å². The molecule has 0 saturated carbocycles. The summed E-state index contributed by atoms with van der Waals surface area (Å²) in [5.74, 6) is -1.35. The molecule has 1 unspecified atom stereocenters. The minimum atomic E-state index is -0.642. The van der Waals surface area contributed by atoms with Crippen molar-refractivity contribution in [3.05, 3.63) is 42.0 Å². The Kier molecular flexibility index (Phi) is 4.46. The summed E-state index contributed by atoms with van der Waals surface area (Å²) >= 11 is 0. The minimum absolute atomic E-state index is 0.0323. The summed E-state index contributed by atoms with van der Waals surface area (Å²) in [7, 11) is 3.00. The van der Waals surface area contributed by atoms with Crippen LogP contribution in [0.5, 0.6) is 0 Å². The molecule has 3 rings (SSSR count). The van der Waals surface area contributed by atoms with Crippen LogP contribution in [0.2, 0.25) is 0 Å². The number of hydrogen-bond donors (Lipinski definition) is 1. The molecular weight excluding hydrogens is 326 g/mol. The molecular formula is C16H17N5O4. The lowest BCUT2D eigenvalue weighted by Gasteiger charge is -2.15. The third-order valence-corrected chi connectivity index (χ3v) is 3.89. The van der Waals surface area contributed by atoms with Gasteiger partial charge in [-0.1, -0.05) is 6.07 Å². The monoisotopic (exact) mass is 343 g/mol. The zero-order valence-corrected chi connectivity index (χ0v) is 13.8. The first-order chi connectivity index (χ1) is 12.0. The zero-order valence-electron chi connectivity index (χ0n) is 13.8. The van der Waals surface area contributed by atoms with Gasteiger partial charge >= 0.3 is 5.97 Å². The third kappa shape index (κ3) is 3.35. The van der Waals surface area contributed by atoms with E-state index in [1.165, 1.54) is 25.3 Å². The Balaban J connectivity index is 1.69. The number of ether oxygens (including phenoxy) is 1. The molecule has 3 heterocycles. The summed E-state index contributed by atoms with van der Waals surface area (Å²) in [6.07, 6.45) is 3.82. The van der Waals surface area contributed by atoms with E-state index in [0.717, 1.165) is 0 Å². The van der Waals surface area contributed by atoms with Crippen LogP contribution < -0.4 is 10.2 Å². The average molecular weight is 343 g/mol. The van der Waals surface area contributed by atoms with Crippen LogP contribution in [0, 0.1) is 0 Å². The first-order valence-corrected chi connectivity index (χ1v) is 7.66. The highest BCUT2D eigenvalue weighted by Gasteiger charge is 2.34. The number of aromatic nitrogens is 3. The van der Waals surface area contributed by atoms with Crippen LogP contribution in [0.3, 0.4) is 0 Å². The van der Waals surface area contributed by atoms with Gasteiger partial charge in [0.25, 0.3) is 5.91 Å². The lowest BCUT2D eigenvalue weighted by molar-refractivity contribution is -0.118. The number of aryl methyl sites for hydroxylation is 1. The van der Waals surface area contributed by atoms with Gasteiger partial charge < -0.3 is 15.0 Å². The standard InChI is InChI=1S/C16H17N5O4/c1-20-9-10(8-17-20)21-7-6-12(15(21)23)19-14(22)11-4-3-5-13(18-11)16(24)25-2/h3-5,8-9,12H,6-7H2,1-2H3,(H,19,22). The molecule has 1 fully saturated rings. The summed E-state index contributed by atoms with van der Waals surface area (Å²) in [5.41, 5.74) is 0.774. The molecule has 2 aromatic heterocycles. The van der Waals surface area contributed by atoms with Crippen LogP contribution in [0.1, 0.15) is 27.4 Å². The van der Waals surface area contributed by atoms with Gasteiger partial charge in [-0.2, -0.15) is 5.10 Å². The van der Waals surface area contributed by atoms with Crippen LogP contribution in [0.25, 0.3) is 0 Å². The molecule has 0 aromatic carbocycles. The number of pyridine rings is 1. The molecule has 2 aromatic rings. The van der Waals surface area contributed by atoms with Crippen molar-refractivity contribution >= 4 is 23.5 Å². The van der Waals surface area contributed by atoms with Gasteiger partial charge in [-0.15, -0.1) is 0 Å². The Bertz CT molecular complexity index is 831. The van der Waals surface area contributed by atoms with Gasteiger partial charge in [-0.3, -0.25) is 14.3 Å². The highest BCUT2D eigenvalue weighted by Crippen LogP contribution is 2.20. The van der Waals surface area contributed by atoms with Gasteiger partial charge in [0.05, 0.1) is 19.0 Å². The van der Waals surface area contributed by atoms with Gasteiger partial charge in [-0.25, -0.2) is 9.78 Å². The van der Waals surface area contributed by atoms with E-state index >= 15 is 0 Å². The van der Waals surface area contributed by atoms with Gasteiger partial charge in [-0.05, 0) is 18.6 Å². The predicted octanol–water partition coefficient (Wildman–Crippen LogP) is 0.137. The normalized spacial score (nSPS) is 16.8. The fraction of sp³-hybridized carbons (Fsp3) is 0.312. The van der Waals surface area contributed by atoms with E-state index in [0.29, 0.717) is 18.7 Å². The molecule has 1 atom stereocenters. The van der Waals surface area contributed by atoms with Gasteiger partial charge in [0.15, 0.2) is 0 Å². The van der Waals surface area contributed by atoms with Crippen molar-refractivity contribution in [1.82, 2.24) is 20.1 Å². The third-order valence-electron chi connectivity index (χ3n) is 3.89. The molecule has 0 radical (unpaired) electrons. The van der Waals surface area contributed by atoms with Gasteiger partial charge in [0, 0.05) is 19.8 Å². The predicted molar refractivity (Wildman–Crippen MR) is 87.0 cm³/mol. The second kappa shape index (κ2) is 6.71. The van der Waals surface area contributed by atoms with Crippen LogP contribution in [0.15, 0.2) is 30.6 Å². The second-order valence-corrected chi connectivity index (χ2v) is 5.58. The van der Waals surface area contributed by atoms with E-state index in [1.54, 1.807) is 29.0 Å². The van der Waals surface area contributed by atoms with E-state index in [2.05, 4.69) is 20.1 Å². The van der Waals surface area contributed by atoms with E-state index in [4.69, 9.17) is 0 Å². The summed E-state index contributed by atoms with van der Waals surface area (Å²) in [5, 5.41) is 6.71. The molecule has 1 N–H and O–H groups in total. The van der Waals surface area contributed by atoms with E-state index < -0.39 is 17.9 Å². The number of esters is 1. The van der Waals surface area contributed by atoms with Crippen LogP contribution in [0.4, 0.5) is 5.69 Å². The number of nitrogens with zero attached hydrogens (tertiary/aromatic N) is 4. The summed E-state index contributed by atoms with van der Waals surface area (Å²) in [6, 6.07) is 3.82. The number of methoxy groups -OCH3 is 1. The molecule has 1 aliphatic rings. The quantitative estimate of drug-likeness (QED) is 0.791. The number of nitrogens with one attached hydrogen (secondary N) is 1. The Morgan fingerprint density at radius 1 is 1.32 bits per heavy atom. The minimum Gasteiger partial charge on any atom is -0.464 e. The van der Waals surface area contributed by atoms with Crippen LogP contribution >= 0.6 is 0 Å². The second-order valence-electron chi connectivity index (χ2n) is 5.58. The maximum absolute atomic E-state index is 12.5. The fourth-order valence-corrected chi connectivity index (χ4v) is 2.63. The molecule has 9 heteroatoms. The Morgan fingerprint density at radius 2 is 2.08 bits per heavy atom. The first kappa shape index (κ1) is 16.6. The maximum Gasteiger partial charge on any atom is 0.356 e. The molecule has 9 nitrogen and oxygen atoms in total. The molecule has 130 valence electrons. The van der Waals surface area contributed by atoms with Crippen molar-refractivity contribution < 1.29 is 19.1 Å². The Labute approximate surface area is 143 Å². The maximum atomic E-state index is 12.5. The lowest BCUT2D eigenvalue weighted by Crippen LogP contribution is -2.41. The lowest BCUT2D eigenvalue weighted by atomic mass is 10.2. The van der Waals surface area contributed by atoms with Crippen molar-refractivity contribution in [2.24, 2.45) is 7.05 Å². The number of rotatable bonds is 4. The van der Waals surface area contributed by atoms with Crippen molar-refractivity contribution in [2.75, 3.05) is 18.6 Å². The van der Waals surface area contributed by atoms with Crippen molar-refractivity contribution in [3.63, 3.8) is 0 Å². The summed E-state index contributed by atoms with van der Waals surface area (Å²) < 4.78 is 6.19. The molecule has 0 bridgehead atoms. The molecule has 1 saturated heterocycles. The average Bonchev–Trinajstić information content (AvgIpc) is 3.20. The van der Waals surface area contributed by atoms with Crippen molar-refractivity contribution in [1.29, 1.82) is 0 Å². The smallest absolute Gasteiger partial charge is 0.356 e. The number of carbonyl (C=O) groups excluding carboxylic acids is 3. The highest BCUT2D eigenvalue weighted by molar-refractivity contribution is 6.03. The van der Waals surface area contributed by atoms with Crippen LogP contribution in [-0.2, 0) is 16.6 Å². The fourth-order valence-electron chi connectivity index (χ4n) is 2.63. The van der Waals surface area contributed by atoms with Gasteiger partial charge in [0.2, 0.25) is 5.91 Å². The highest BCUT2D eigenvalue weighted by atomic mass is 16.5. The van der Waals surface area contributed by atoms with E-state index in [9.17, 15) is 14.4 Å². The Hall–Kier alpha value is -3.23. The zero-order chi connectivity index (χ0) is 18.0. The molecule has 1 aliphatic heterocycles. The Morgan fingerprint density at radius 3 is 2.76 bits per heavy atom. The molecule has 0 spiro atoms. The molecule has 25 heavy (non-hydrogen) atoms. The number of anilines is 1. The molecule has 0 aliphatic carbocycles. The first-order valence-electron chi connectivity index (χ1n) is 7.66. The summed E-state index contributed by atoms with van der Waals surface area (Å²) in [6.45, 7) is 0.491. The number of amides is 2. The number of hydrogen-bond acceptors (Lipinski definition) is 6. The summed E-state index contributed by atoms with van der Waals surface area (Å²) in [4.78, 5) is 41.9.